The third-order valence-corrected chi connectivity index (χ3v) is 5.12. The molecule has 0 bridgehead atoms. The van der Waals surface area contributed by atoms with Crippen LogP contribution in [0, 0.1) is 24.2 Å². The average molecular weight is 451 g/mol. The Morgan fingerprint density at radius 2 is 1.66 bits per heavy atom. The fraction of sp³-hybridized carbons (Fsp3) is 0.750. The van der Waals surface area contributed by atoms with Crippen molar-refractivity contribution < 1.29 is 28.7 Å². The number of hydrogen-bond acceptors (Lipinski definition) is 7. The van der Waals surface area contributed by atoms with Crippen molar-refractivity contribution in [1.82, 2.24) is 10.2 Å². The van der Waals surface area contributed by atoms with Crippen molar-refractivity contribution in [2.24, 2.45) is 11.8 Å². The van der Waals surface area contributed by atoms with E-state index in [1.807, 2.05) is 6.92 Å². The quantitative estimate of drug-likeness (QED) is 0.343. The highest BCUT2D eigenvalue weighted by Gasteiger charge is 2.49. The van der Waals surface area contributed by atoms with Gasteiger partial charge in [0.15, 0.2) is 0 Å². The van der Waals surface area contributed by atoms with E-state index in [0.717, 1.165) is 0 Å². The van der Waals surface area contributed by atoms with E-state index in [-0.39, 0.29) is 31.3 Å². The Morgan fingerprint density at radius 3 is 2.09 bits per heavy atom. The number of terminal acetylenes is 1. The first-order chi connectivity index (χ1) is 14.6. The summed E-state index contributed by atoms with van der Waals surface area (Å²) in [6.45, 7) is 14.2. The normalized spacial score (nSPS) is 21.2. The Labute approximate surface area is 191 Å². The lowest BCUT2D eigenvalue weighted by molar-refractivity contribution is -0.170. The van der Waals surface area contributed by atoms with Crippen molar-refractivity contribution in [3.8, 4) is 12.3 Å². The van der Waals surface area contributed by atoms with Gasteiger partial charge in [-0.2, -0.15) is 0 Å². The van der Waals surface area contributed by atoms with Crippen LogP contribution < -0.4 is 5.32 Å². The molecule has 8 heteroatoms. The number of hydrogen-bond donors (Lipinski definition) is 1. The number of Topliss-reactive ketones (excluding diaryl/α,β-unsaturated/α-hetero) is 1. The van der Waals surface area contributed by atoms with Gasteiger partial charge in [-0.25, -0.2) is 0 Å². The molecule has 4 atom stereocenters. The minimum Gasteiger partial charge on any atom is -0.459 e. The molecule has 1 heterocycles. The molecule has 0 saturated carbocycles. The summed E-state index contributed by atoms with van der Waals surface area (Å²) in [6.07, 6.45) is 6.03. The average Bonchev–Trinajstić information content (AvgIpc) is 3.06. The monoisotopic (exact) mass is 450 g/mol. The van der Waals surface area contributed by atoms with E-state index in [4.69, 9.17) is 15.9 Å². The highest BCUT2D eigenvalue weighted by molar-refractivity contribution is 5.98. The van der Waals surface area contributed by atoms with Crippen LogP contribution in [0.15, 0.2) is 0 Å². The molecule has 8 nitrogen and oxygen atoms in total. The minimum absolute atomic E-state index is 0.132. The molecule has 1 saturated heterocycles. The van der Waals surface area contributed by atoms with Crippen molar-refractivity contribution >= 4 is 23.6 Å². The third-order valence-electron chi connectivity index (χ3n) is 5.12. The van der Waals surface area contributed by atoms with Crippen molar-refractivity contribution in [2.75, 3.05) is 13.1 Å². The Morgan fingerprint density at radius 1 is 1.09 bits per heavy atom. The van der Waals surface area contributed by atoms with Gasteiger partial charge < -0.3 is 14.8 Å². The first-order valence-electron chi connectivity index (χ1n) is 11.1. The molecule has 1 aliphatic heterocycles. The van der Waals surface area contributed by atoms with Gasteiger partial charge in [0.2, 0.25) is 11.7 Å². The molecule has 32 heavy (non-hydrogen) atoms. The molecule has 0 aromatic carbocycles. The number of likely N-dealkylation sites (tertiary alicyclic amines) is 1. The summed E-state index contributed by atoms with van der Waals surface area (Å²) in [7, 11) is 0. The second-order valence-corrected chi connectivity index (χ2v) is 10.3. The number of carbonyl (C=O) groups is 4. The molecule has 1 amide bonds. The van der Waals surface area contributed by atoms with Crippen molar-refractivity contribution in [1.29, 1.82) is 0 Å². The van der Waals surface area contributed by atoms with Crippen molar-refractivity contribution in [3.05, 3.63) is 0 Å². The standard InChI is InChI=1S/C24H38N2O6/c1-10-16(13-25-15(3)27)20(22(30)32-24(7,8)9)26-14-17(19(28)11-2)12-18(26)21(29)31-23(4,5)6/h2,16-18,20H,10,12-14H2,1,3-9H3,(H,25,27). The van der Waals surface area contributed by atoms with E-state index in [9.17, 15) is 19.2 Å². The largest absolute Gasteiger partial charge is 0.459 e. The van der Waals surface area contributed by atoms with Crippen LogP contribution in [-0.2, 0) is 28.7 Å². The zero-order valence-corrected chi connectivity index (χ0v) is 20.6. The van der Waals surface area contributed by atoms with Gasteiger partial charge in [-0.3, -0.25) is 24.1 Å². The molecular formula is C24H38N2O6. The van der Waals surface area contributed by atoms with Gasteiger partial charge in [0.1, 0.15) is 23.3 Å². The number of esters is 2. The molecule has 0 radical (unpaired) electrons. The van der Waals surface area contributed by atoms with Crippen molar-refractivity contribution in [2.45, 2.75) is 91.5 Å². The number of nitrogens with zero attached hydrogens (tertiary/aromatic N) is 1. The van der Waals surface area contributed by atoms with Crippen LogP contribution in [0.4, 0.5) is 0 Å². The maximum absolute atomic E-state index is 13.3. The van der Waals surface area contributed by atoms with Gasteiger partial charge in [0, 0.05) is 31.8 Å². The zero-order chi connectivity index (χ0) is 24.9. The SMILES string of the molecule is C#CC(=O)C1CC(C(=O)OC(C)(C)C)N(C(C(=O)OC(C)(C)C)C(CC)CNC(C)=O)C1. The first kappa shape index (κ1) is 27.6. The van der Waals surface area contributed by atoms with Gasteiger partial charge in [-0.1, -0.05) is 6.92 Å². The summed E-state index contributed by atoms with van der Waals surface area (Å²) in [5.41, 5.74) is -1.49. The van der Waals surface area contributed by atoms with E-state index in [2.05, 4.69) is 11.2 Å². The van der Waals surface area contributed by atoms with E-state index < -0.39 is 46.9 Å². The number of ether oxygens (including phenoxy) is 2. The number of nitrogens with one attached hydrogen (secondary N) is 1. The Balaban J connectivity index is 3.42. The lowest BCUT2D eigenvalue weighted by atomic mass is 9.94. The number of amides is 1. The smallest absolute Gasteiger partial charge is 0.324 e. The van der Waals surface area contributed by atoms with E-state index in [1.165, 1.54) is 6.92 Å². The molecular weight excluding hydrogens is 412 g/mol. The van der Waals surface area contributed by atoms with Crippen LogP contribution in [0.3, 0.4) is 0 Å². The fourth-order valence-corrected chi connectivity index (χ4v) is 3.79. The Hall–Kier alpha value is -2.40. The molecule has 180 valence electrons. The van der Waals surface area contributed by atoms with E-state index in [1.54, 1.807) is 46.4 Å². The summed E-state index contributed by atoms with van der Waals surface area (Å²) in [4.78, 5) is 51.9. The van der Waals surface area contributed by atoms with Gasteiger partial charge in [-0.15, -0.1) is 6.42 Å². The molecule has 1 rings (SSSR count). The highest BCUT2D eigenvalue weighted by atomic mass is 16.6. The second-order valence-electron chi connectivity index (χ2n) is 10.3. The summed E-state index contributed by atoms with van der Waals surface area (Å²) < 4.78 is 11.3. The predicted octanol–water partition coefficient (Wildman–Crippen LogP) is 2.09. The van der Waals surface area contributed by atoms with Crippen LogP contribution in [0.1, 0.15) is 68.2 Å². The summed E-state index contributed by atoms with van der Waals surface area (Å²) in [6, 6.07) is -1.69. The number of rotatable bonds is 8. The summed E-state index contributed by atoms with van der Waals surface area (Å²) in [5.74, 6) is -0.491. The lowest BCUT2D eigenvalue weighted by Gasteiger charge is -2.37. The molecule has 4 unspecified atom stereocenters. The van der Waals surface area contributed by atoms with E-state index >= 15 is 0 Å². The van der Waals surface area contributed by atoms with Crippen LogP contribution >= 0.6 is 0 Å². The molecule has 0 spiro atoms. The van der Waals surface area contributed by atoms with Gasteiger partial charge in [0.05, 0.1) is 0 Å². The summed E-state index contributed by atoms with van der Waals surface area (Å²) >= 11 is 0. The molecule has 0 aromatic heterocycles. The Kier molecular flexibility index (Phi) is 9.46. The number of ketones is 1. The van der Waals surface area contributed by atoms with Crippen LogP contribution in [0.25, 0.3) is 0 Å². The predicted molar refractivity (Wildman–Crippen MR) is 120 cm³/mol. The van der Waals surface area contributed by atoms with Crippen LogP contribution in [0.2, 0.25) is 0 Å². The zero-order valence-electron chi connectivity index (χ0n) is 20.6. The fourth-order valence-electron chi connectivity index (χ4n) is 3.79. The maximum Gasteiger partial charge on any atom is 0.324 e. The van der Waals surface area contributed by atoms with Crippen molar-refractivity contribution in [3.63, 3.8) is 0 Å². The van der Waals surface area contributed by atoms with E-state index in [0.29, 0.717) is 6.42 Å². The molecule has 0 aliphatic carbocycles. The molecule has 0 aromatic rings. The molecule has 1 fully saturated rings. The molecule has 1 N–H and O–H groups in total. The van der Waals surface area contributed by atoms with Crippen LogP contribution in [-0.4, -0.2) is 64.9 Å². The summed E-state index contributed by atoms with van der Waals surface area (Å²) in [5, 5.41) is 2.76. The van der Waals surface area contributed by atoms with Gasteiger partial charge in [-0.05, 0) is 60.3 Å². The maximum atomic E-state index is 13.3. The van der Waals surface area contributed by atoms with Gasteiger partial charge in [0.25, 0.3) is 0 Å². The Bertz CT molecular complexity index is 756. The molecule has 1 aliphatic rings. The second kappa shape index (κ2) is 11.0. The topological polar surface area (TPSA) is 102 Å². The number of carbonyl (C=O) groups excluding carboxylic acids is 4. The first-order valence-corrected chi connectivity index (χ1v) is 11.1. The minimum atomic E-state index is -0.862. The highest BCUT2D eigenvalue weighted by Crippen LogP contribution is 2.32. The third kappa shape index (κ3) is 8.27. The van der Waals surface area contributed by atoms with Gasteiger partial charge >= 0.3 is 11.9 Å². The van der Waals surface area contributed by atoms with Crippen LogP contribution in [0.5, 0.6) is 0 Å². The lowest BCUT2D eigenvalue weighted by Crippen LogP contribution is -2.55.